The van der Waals surface area contributed by atoms with Gasteiger partial charge in [0.25, 0.3) is 0 Å². The Morgan fingerprint density at radius 3 is 2.60 bits per heavy atom. The third kappa shape index (κ3) is 4.04. The number of ether oxygens (including phenoxy) is 1. The second-order valence-corrected chi connectivity index (χ2v) is 8.42. The van der Waals surface area contributed by atoms with Gasteiger partial charge in [0.15, 0.2) is 0 Å². The number of nitrogens with zero attached hydrogens (tertiary/aromatic N) is 2. The molecule has 5 nitrogen and oxygen atoms in total. The van der Waals surface area contributed by atoms with Crippen molar-refractivity contribution in [3.8, 4) is 5.75 Å². The van der Waals surface area contributed by atoms with Crippen LogP contribution in [0.4, 0.5) is 11.4 Å². The molecule has 2 aromatic rings. The number of hydrogen-bond acceptors (Lipinski definition) is 4. The maximum atomic E-state index is 12.8. The maximum absolute atomic E-state index is 12.8. The lowest BCUT2D eigenvalue weighted by Gasteiger charge is -2.36. The monoisotopic (exact) mass is 407 g/mol. The summed E-state index contributed by atoms with van der Waals surface area (Å²) in [6, 6.07) is 16.5. The minimum Gasteiger partial charge on any atom is -0.497 e. The summed E-state index contributed by atoms with van der Waals surface area (Å²) in [4.78, 5) is 17.7. The van der Waals surface area contributed by atoms with E-state index in [-0.39, 0.29) is 11.3 Å². The molecule has 0 aliphatic carbocycles. The van der Waals surface area contributed by atoms with Gasteiger partial charge in [-0.15, -0.1) is 0 Å². The molecular formula is C25H33N3O2. The van der Waals surface area contributed by atoms with E-state index in [4.69, 9.17) is 4.74 Å². The molecule has 0 bridgehead atoms. The largest absolute Gasteiger partial charge is 0.497 e. The Hall–Kier alpha value is -2.53. The number of carbonyl (C=O) groups excluding carboxylic acids is 1. The Balaban J connectivity index is 1.25. The predicted molar refractivity (Wildman–Crippen MR) is 123 cm³/mol. The Morgan fingerprint density at radius 1 is 1.03 bits per heavy atom. The SMILES string of the molecule is CCC1(CCCCN2CCN(c3cccc(OC)c3)CC2)C(=O)Nc2ccccc21. The number of piperazine rings is 1. The van der Waals surface area contributed by atoms with Gasteiger partial charge in [-0.3, -0.25) is 9.69 Å². The third-order valence-corrected chi connectivity index (χ3v) is 6.85. The topological polar surface area (TPSA) is 44.8 Å². The van der Waals surface area contributed by atoms with Crippen LogP contribution in [-0.2, 0) is 10.2 Å². The molecule has 2 heterocycles. The molecule has 1 N–H and O–H groups in total. The van der Waals surface area contributed by atoms with E-state index >= 15 is 0 Å². The summed E-state index contributed by atoms with van der Waals surface area (Å²) in [5, 5.41) is 3.09. The number of amides is 1. The normalized spacial score (nSPS) is 21.4. The molecule has 30 heavy (non-hydrogen) atoms. The summed E-state index contributed by atoms with van der Waals surface area (Å²) < 4.78 is 5.36. The molecule has 2 aliphatic heterocycles. The first-order chi connectivity index (χ1) is 14.7. The highest BCUT2D eigenvalue weighted by atomic mass is 16.5. The number of hydrogen-bond donors (Lipinski definition) is 1. The minimum atomic E-state index is -0.346. The molecular weight excluding hydrogens is 374 g/mol. The number of methoxy groups -OCH3 is 1. The lowest BCUT2D eigenvalue weighted by molar-refractivity contribution is -0.121. The Bertz CT molecular complexity index is 876. The van der Waals surface area contributed by atoms with Crippen molar-refractivity contribution in [2.24, 2.45) is 0 Å². The van der Waals surface area contributed by atoms with E-state index in [2.05, 4.69) is 46.3 Å². The molecule has 0 spiro atoms. The van der Waals surface area contributed by atoms with Crippen molar-refractivity contribution in [1.82, 2.24) is 4.90 Å². The number of carbonyl (C=O) groups is 1. The van der Waals surface area contributed by atoms with Gasteiger partial charge in [-0.25, -0.2) is 0 Å². The quantitative estimate of drug-likeness (QED) is 0.663. The van der Waals surface area contributed by atoms with Crippen LogP contribution in [0, 0.1) is 0 Å². The van der Waals surface area contributed by atoms with Crippen LogP contribution in [0.5, 0.6) is 5.75 Å². The van der Waals surface area contributed by atoms with Crippen LogP contribution >= 0.6 is 0 Å². The van der Waals surface area contributed by atoms with Gasteiger partial charge in [-0.2, -0.15) is 0 Å². The van der Waals surface area contributed by atoms with Gasteiger partial charge in [-0.05, 0) is 49.6 Å². The smallest absolute Gasteiger partial charge is 0.235 e. The van der Waals surface area contributed by atoms with Crippen molar-refractivity contribution in [2.45, 2.75) is 38.0 Å². The Labute approximate surface area is 180 Å². The summed E-state index contributed by atoms with van der Waals surface area (Å²) in [5.41, 5.74) is 3.08. The molecule has 0 aromatic heterocycles. The number of anilines is 2. The number of nitrogens with one attached hydrogen (secondary N) is 1. The average molecular weight is 408 g/mol. The van der Waals surface area contributed by atoms with Crippen molar-refractivity contribution in [3.05, 3.63) is 54.1 Å². The van der Waals surface area contributed by atoms with Gasteiger partial charge in [0, 0.05) is 43.6 Å². The molecule has 1 atom stereocenters. The van der Waals surface area contributed by atoms with Crippen LogP contribution in [0.25, 0.3) is 0 Å². The number of rotatable bonds is 8. The van der Waals surface area contributed by atoms with Crippen LogP contribution in [0.15, 0.2) is 48.5 Å². The van der Waals surface area contributed by atoms with E-state index in [1.54, 1.807) is 7.11 Å². The molecule has 1 saturated heterocycles. The minimum absolute atomic E-state index is 0.179. The molecule has 0 saturated carbocycles. The average Bonchev–Trinajstić information content (AvgIpc) is 3.08. The third-order valence-electron chi connectivity index (χ3n) is 6.85. The van der Waals surface area contributed by atoms with E-state index in [0.717, 1.165) is 69.8 Å². The fourth-order valence-electron chi connectivity index (χ4n) is 4.95. The summed E-state index contributed by atoms with van der Waals surface area (Å²) in [5.74, 6) is 1.09. The van der Waals surface area contributed by atoms with Gasteiger partial charge in [0.1, 0.15) is 5.75 Å². The molecule has 2 aromatic carbocycles. The zero-order valence-electron chi connectivity index (χ0n) is 18.2. The summed E-state index contributed by atoms with van der Waals surface area (Å²) in [6.07, 6.45) is 3.99. The van der Waals surface area contributed by atoms with Crippen LogP contribution in [0.3, 0.4) is 0 Å². The van der Waals surface area contributed by atoms with E-state index in [9.17, 15) is 4.79 Å². The van der Waals surface area contributed by atoms with Crippen LogP contribution in [-0.4, -0.2) is 50.6 Å². The van der Waals surface area contributed by atoms with E-state index in [1.807, 2.05) is 24.3 Å². The van der Waals surface area contributed by atoms with Gasteiger partial charge in [0.2, 0.25) is 5.91 Å². The number of unbranched alkanes of at least 4 members (excludes halogenated alkanes) is 1. The van der Waals surface area contributed by atoms with Crippen molar-refractivity contribution in [1.29, 1.82) is 0 Å². The van der Waals surface area contributed by atoms with E-state index in [1.165, 1.54) is 11.3 Å². The zero-order chi connectivity index (χ0) is 21.0. The molecule has 0 radical (unpaired) electrons. The van der Waals surface area contributed by atoms with Gasteiger partial charge < -0.3 is 15.0 Å². The molecule has 5 heteroatoms. The van der Waals surface area contributed by atoms with Crippen molar-refractivity contribution >= 4 is 17.3 Å². The first kappa shape index (κ1) is 20.7. The van der Waals surface area contributed by atoms with Crippen LogP contribution in [0.1, 0.15) is 38.2 Å². The van der Waals surface area contributed by atoms with Crippen LogP contribution < -0.4 is 15.0 Å². The summed E-state index contributed by atoms with van der Waals surface area (Å²) >= 11 is 0. The molecule has 1 fully saturated rings. The standard InChI is InChI=1S/C25H33N3O2/c1-3-25(22-11-4-5-12-23(22)26-24(25)29)13-6-7-14-27-15-17-28(18-16-27)20-9-8-10-21(19-20)30-2/h4-5,8-12,19H,3,6-7,13-18H2,1-2H3,(H,26,29). The number of para-hydroxylation sites is 1. The van der Waals surface area contributed by atoms with Crippen molar-refractivity contribution in [3.63, 3.8) is 0 Å². The highest BCUT2D eigenvalue weighted by Gasteiger charge is 2.44. The second kappa shape index (κ2) is 9.09. The number of benzene rings is 2. The fraction of sp³-hybridized carbons (Fsp3) is 0.480. The molecule has 2 aliphatic rings. The molecule has 1 amide bonds. The maximum Gasteiger partial charge on any atom is 0.235 e. The lowest BCUT2D eigenvalue weighted by Crippen LogP contribution is -2.46. The molecule has 1 unspecified atom stereocenters. The van der Waals surface area contributed by atoms with E-state index < -0.39 is 0 Å². The van der Waals surface area contributed by atoms with Gasteiger partial charge >= 0.3 is 0 Å². The van der Waals surface area contributed by atoms with Crippen LogP contribution in [0.2, 0.25) is 0 Å². The highest BCUT2D eigenvalue weighted by molar-refractivity contribution is 6.06. The predicted octanol–water partition coefficient (Wildman–Crippen LogP) is 4.29. The first-order valence-electron chi connectivity index (χ1n) is 11.2. The second-order valence-electron chi connectivity index (χ2n) is 8.42. The summed E-state index contributed by atoms with van der Waals surface area (Å²) in [6.45, 7) is 7.50. The van der Waals surface area contributed by atoms with Gasteiger partial charge in [-0.1, -0.05) is 37.6 Å². The highest BCUT2D eigenvalue weighted by Crippen LogP contribution is 2.43. The number of fused-ring (bicyclic) bond motifs is 1. The van der Waals surface area contributed by atoms with E-state index in [0.29, 0.717) is 0 Å². The Morgan fingerprint density at radius 2 is 1.83 bits per heavy atom. The summed E-state index contributed by atoms with van der Waals surface area (Å²) in [7, 11) is 1.72. The van der Waals surface area contributed by atoms with Crippen molar-refractivity contribution < 1.29 is 9.53 Å². The zero-order valence-corrected chi connectivity index (χ0v) is 18.2. The fourth-order valence-corrected chi connectivity index (χ4v) is 4.95. The molecule has 160 valence electrons. The first-order valence-corrected chi connectivity index (χ1v) is 11.2. The lowest BCUT2D eigenvalue weighted by atomic mass is 9.75. The van der Waals surface area contributed by atoms with Gasteiger partial charge in [0.05, 0.1) is 12.5 Å². The Kier molecular flexibility index (Phi) is 6.28. The molecule has 4 rings (SSSR count). The van der Waals surface area contributed by atoms with Crippen molar-refractivity contribution in [2.75, 3.05) is 50.1 Å².